The zero-order valence-electron chi connectivity index (χ0n) is 14.4. The zero-order valence-corrected chi connectivity index (χ0v) is 20.8. The quantitative estimate of drug-likeness (QED) is 0.200. The van der Waals surface area contributed by atoms with E-state index in [4.69, 9.17) is 9.97 Å². The van der Waals surface area contributed by atoms with Crippen molar-refractivity contribution in [3.05, 3.63) is 76.8 Å². The van der Waals surface area contributed by atoms with E-state index < -0.39 is 0 Å². The molecule has 6 heteroatoms. The van der Waals surface area contributed by atoms with Gasteiger partial charge in [-0.25, -0.2) is 0 Å². The predicted octanol–water partition coefficient (Wildman–Crippen LogP) is 7.81. The smallest absolute Gasteiger partial charge is 0.0858 e. The topological polar surface area (TPSA) is 25.8 Å². The lowest BCUT2D eigenvalue weighted by Crippen LogP contribution is -2.01. The molecular weight excluding hydrogens is 612 g/mol. The van der Waals surface area contributed by atoms with E-state index in [2.05, 4.69) is 100 Å². The van der Waals surface area contributed by atoms with E-state index in [9.17, 15) is 0 Å². The van der Waals surface area contributed by atoms with Crippen molar-refractivity contribution in [2.75, 3.05) is 0 Å². The molecule has 0 bridgehead atoms. The molecule has 2 aliphatic rings. The Hall–Kier alpha value is -0.820. The number of nitrogens with zero attached hydrogens (tertiary/aromatic N) is 2. The van der Waals surface area contributed by atoms with Gasteiger partial charge in [-0.05, 0) is 92.2 Å². The number of hydrogen-bond donors (Lipinski definition) is 0. The van der Waals surface area contributed by atoms with E-state index in [0.29, 0.717) is 11.8 Å². The lowest BCUT2D eigenvalue weighted by Gasteiger charge is -2.10. The second-order valence-electron chi connectivity index (χ2n) is 7.54. The van der Waals surface area contributed by atoms with Crippen molar-refractivity contribution in [2.24, 2.45) is 0 Å². The van der Waals surface area contributed by atoms with Crippen LogP contribution in [0, 0.1) is 0 Å². The standard InChI is InChI=1S/C22H12Br4N2/c23-15-1-3-17(25)21-13(15)7-9-5-11-12(19(9)27-21)6-10-8-14-16(24)2-4-18(26)22(14)28-20(10)11/h1-4,7-8,11-12H,5-6H2/t11-,12-/m1/s1. The Morgan fingerprint density at radius 3 is 1.43 bits per heavy atom. The van der Waals surface area contributed by atoms with Gasteiger partial charge < -0.3 is 0 Å². The summed E-state index contributed by atoms with van der Waals surface area (Å²) in [6.45, 7) is 0. The molecule has 2 aromatic heterocycles. The summed E-state index contributed by atoms with van der Waals surface area (Å²) in [4.78, 5) is 10.2. The Morgan fingerprint density at radius 1 is 0.607 bits per heavy atom. The average molecular weight is 624 g/mol. The summed E-state index contributed by atoms with van der Waals surface area (Å²) >= 11 is 14.7. The van der Waals surface area contributed by atoms with Gasteiger partial charge in [0.15, 0.2) is 0 Å². The number of fused-ring (bicyclic) bond motifs is 7. The molecule has 0 fully saturated rings. The van der Waals surface area contributed by atoms with Crippen molar-refractivity contribution >= 4 is 85.5 Å². The van der Waals surface area contributed by atoms with Gasteiger partial charge in [-0.1, -0.05) is 31.9 Å². The molecule has 2 aromatic carbocycles. The van der Waals surface area contributed by atoms with Crippen LogP contribution in [-0.4, -0.2) is 9.97 Å². The van der Waals surface area contributed by atoms with E-state index in [0.717, 1.165) is 41.8 Å². The summed E-state index contributed by atoms with van der Waals surface area (Å²) in [6.07, 6.45) is 2.03. The molecule has 138 valence electrons. The second-order valence-corrected chi connectivity index (χ2v) is 11.0. The zero-order chi connectivity index (χ0) is 19.2. The first-order chi connectivity index (χ1) is 13.5. The fraction of sp³-hybridized carbons (Fsp3) is 0.182. The fourth-order valence-electron chi connectivity index (χ4n) is 4.80. The summed E-state index contributed by atoms with van der Waals surface area (Å²) in [5, 5.41) is 2.35. The van der Waals surface area contributed by atoms with Crippen LogP contribution in [0.4, 0.5) is 0 Å². The molecule has 2 aliphatic carbocycles. The maximum Gasteiger partial charge on any atom is 0.0858 e. The van der Waals surface area contributed by atoms with Crippen LogP contribution in [0.1, 0.15) is 34.4 Å². The van der Waals surface area contributed by atoms with Gasteiger partial charge in [0.1, 0.15) is 0 Å². The van der Waals surface area contributed by atoms with E-state index in [1.165, 1.54) is 33.3 Å². The van der Waals surface area contributed by atoms with Gasteiger partial charge in [-0.3, -0.25) is 9.97 Å². The van der Waals surface area contributed by atoms with E-state index in [1.807, 2.05) is 0 Å². The SMILES string of the molecule is Brc1ccc(Br)c2nc3c(cc12)C[C@H]1c2nc4c(Br)ccc(Br)c4cc2C[C@@H]31. The highest BCUT2D eigenvalue weighted by atomic mass is 79.9. The third-order valence-electron chi connectivity index (χ3n) is 6.06. The molecular formula is C22H12Br4N2. The van der Waals surface area contributed by atoms with Gasteiger partial charge in [-0.15, -0.1) is 0 Å². The Labute approximate surface area is 195 Å². The minimum Gasteiger partial charge on any atom is -0.251 e. The summed E-state index contributed by atoms with van der Waals surface area (Å²) in [7, 11) is 0. The lowest BCUT2D eigenvalue weighted by atomic mass is 9.98. The number of halogens is 4. The number of benzene rings is 2. The first-order valence-corrected chi connectivity index (χ1v) is 12.2. The van der Waals surface area contributed by atoms with E-state index in [-0.39, 0.29) is 0 Å². The summed E-state index contributed by atoms with van der Waals surface area (Å²) in [5.74, 6) is 0.837. The maximum absolute atomic E-state index is 5.12. The van der Waals surface area contributed by atoms with Crippen molar-refractivity contribution in [1.82, 2.24) is 9.97 Å². The molecule has 4 aromatic rings. The van der Waals surface area contributed by atoms with Gasteiger partial charge in [0.2, 0.25) is 0 Å². The Morgan fingerprint density at radius 2 is 1.00 bits per heavy atom. The van der Waals surface area contributed by atoms with Crippen LogP contribution < -0.4 is 0 Å². The maximum atomic E-state index is 5.12. The van der Waals surface area contributed by atoms with E-state index in [1.54, 1.807) is 0 Å². The molecule has 0 saturated heterocycles. The third-order valence-corrected chi connectivity index (χ3v) is 8.72. The molecule has 0 aliphatic heterocycles. The molecule has 0 unspecified atom stereocenters. The second kappa shape index (κ2) is 6.34. The molecule has 0 radical (unpaired) electrons. The Kier molecular flexibility index (Phi) is 4.07. The minimum absolute atomic E-state index is 0.419. The van der Waals surface area contributed by atoms with Gasteiger partial charge in [0.25, 0.3) is 0 Å². The molecule has 6 rings (SSSR count). The number of hydrogen-bond acceptors (Lipinski definition) is 2. The fourth-order valence-corrected chi connectivity index (χ4v) is 6.54. The molecule has 2 atom stereocenters. The molecule has 2 heterocycles. The molecule has 28 heavy (non-hydrogen) atoms. The molecule has 0 spiro atoms. The Bertz CT molecular complexity index is 1230. The van der Waals surface area contributed by atoms with E-state index >= 15 is 0 Å². The van der Waals surface area contributed by atoms with Crippen LogP contribution in [0.3, 0.4) is 0 Å². The van der Waals surface area contributed by atoms with Crippen molar-refractivity contribution in [1.29, 1.82) is 0 Å². The lowest BCUT2D eigenvalue weighted by molar-refractivity contribution is 0.615. The molecule has 0 N–H and O–H groups in total. The normalized spacial score (nSPS) is 19.9. The first kappa shape index (κ1) is 18.0. The number of rotatable bonds is 0. The molecule has 0 amide bonds. The van der Waals surface area contributed by atoms with Crippen LogP contribution in [0.25, 0.3) is 21.8 Å². The Balaban J connectivity index is 1.54. The number of pyridine rings is 2. The number of aromatic nitrogens is 2. The molecule has 2 nitrogen and oxygen atoms in total. The first-order valence-electron chi connectivity index (χ1n) is 9.06. The minimum atomic E-state index is 0.419. The highest BCUT2D eigenvalue weighted by molar-refractivity contribution is 9.11. The average Bonchev–Trinajstić information content (AvgIpc) is 3.21. The van der Waals surface area contributed by atoms with Gasteiger partial charge in [-0.2, -0.15) is 0 Å². The van der Waals surface area contributed by atoms with Crippen molar-refractivity contribution in [3.8, 4) is 0 Å². The van der Waals surface area contributed by atoms with Gasteiger partial charge in [0, 0.05) is 51.9 Å². The van der Waals surface area contributed by atoms with Gasteiger partial charge in [0.05, 0.1) is 11.0 Å². The van der Waals surface area contributed by atoms with Crippen LogP contribution in [0.2, 0.25) is 0 Å². The van der Waals surface area contributed by atoms with Crippen LogP contribution in [0.15, 0.2) is 54.3 Å². The molecule has 0 saturated carbocycles. The largest absolute Gasteiger partial charge is 0.251 e. The summed E-state index contributed by atoms with van der Waals surface area (Å²) < 4.78 is 4.28. The predicted molar refractivity (Wildman–Crippen MR) is 127 cm³/mol. The monoisotopic (exact) mass is 620 g/mol. The highest BCUT2D eigenvalue weighted by Crippen LogP contribution is 2.52. The summed E-state index contributed by atoms with van der Waals surface area (Å²) in [5.41, 5.74) is 7.29. The van der Waals surface area contributed by atoms with Crippen molar-refractivity contribution in [3.63, 3.8) is 0 Å². The third kappa shape index (κ3) is 2.47. The van der Waals surface area contributed by atoms with Crippen molar-refractivity contribution < 1.29 is 0 Å². The van der Waals surface area contributed by atoms with Crippen molar-refractivity contribution in [2.45, 2.75) is 24.7 Å². The van der Waals surface area contributed by atoms with Gasteiger partial charge >= 0.3 is 0 Å². The van der Waals surface area contributed by atoms with Crippen LogP contribution in [0.5, 0.6) is 0 Å². The summed E-state index contributed by atoms with van der Waals surface area (Å²) in [6, 6.07) is 12.9. The highest BCUT2D eigenvalue weighted by Gasteiger charge is 2.42. The van der Waals surface area contributed by atoms with Crippen LogP contribution in [-0.2, 0) is 12.8 Å². The van der Waals surface area contributed by atoms with Crippen LogP contribution >= 0.6 is 63.7 Å².